The smallest absolute Gasteiger partial charge is 0.0591 e. The topological polar surface area (TPSA) is 34.1 Å². The standard InChI is InChI=1S/C17H24N2O/c1-14(2)7-10-20-11-9-19-13-16-5-3-4-15-12-18-8-6-17(15)16/h3-6,8,12,14,19H,7,9-11,13H2,1-2H3. The predicted molar refractivity (Wildman–Crippen MR) is 83.7 cm³/mol. The zero-order valence-electron chi connectivity index (χ0n) is 12.4. The first kappa shape index (κ1) is 14.9. The molecule has 1 aromatic heterocycles. The van der Waals surface area contributed by atoms with Gasteiger partial charge in [0.1, 0.15) is 0 Å². The molecule has 0 fully saturated rings. The normalized spacial score (nSPS) is 11.3. The third-order valence-corrected chi connectivity index (χ3v) is 3.35. The van der Waals surface area contributed by atoms with Gasteiger partial charge in [-0.05, 0) is 29.4 Å². The third kappa shape index (κ3) is 4.58. The molecule has 3 nitrogen and oxygen atoms in total. The largest absolute Gasteiger partial charge is 0.380 e. The fraction of sp³-hybridized carbons (Fsp3) is 0.471. The van der Waals surface area contributed by atoms with Crippen molar-refractivity contribution in [2.24, 2.45) is 5.92 Å². The van der Waals surface area contributed by atoms with E-state index in [9.17, 15) is 0 Å². The highest BCUT2D eigenvalue weighted by molar-refractivity contribution is 5.84. The third-order valence-electron chi connectivity index (χ3n) is 3.35. The lowest BCUT2D eigenvalue weighted by molar-refractivity contribution is 0.125. The molecule has 0 aliphatic carbocycles. The molecule has 1 N–H and O–H groups in total. The van der Waals surface area contributed by atoms with Gasteiger partial charge in [-0.1, -0.05) is 32.0 Å². The number of nitrogens with zero attached hydrogens (tertiary/aromatic N) is 1. The summed E-state index contributed by atoms with van der Waals surface area (Å²) in [5.74, 6) is 0.715. The molecular weight excluding hydrogens is 248 g/mol. The van der Waals surface area contributed by atoms with Gasteiger partial charge < -0.3 is 10.1 Å². The van der Waals surface area contributed by atoms with E-state index in [-0.39, 0.29) is 0 Å². The van der Waals surface area contributed by atoms with Crippen LogP contribution in [0.1, 0.15) is 25.8 Å². The second kappa shape index (κ2) is 7.98. The first-order valence-corrected chi connectivity index (χ1v) is 7.37. The van der Waals surface area contributed by atoms with Crippen LogP contribution in [0.4, 0.5) is 0 Å². The molecule has 0 aliphatic rings. The lowest BCUT2D eigenvalue weighted by Crippen LogP contribution is -2.19. The van der Waals surface area contributed by atoms with Crippen molar-refractivity contribution < 1.29 is 4.74 Å². The van der Waals surface area contributed by atoms with Crippen molar-refractivity contribution in [1.29, 1.82) is 0 Å². The Morgan fingerprint density at radius 1 is 1.20 bits per heavy atom. The highest BCUT2D eigenvalue weighted by atomic mass is 16.5. The summed E-state index contributed by atoms with van der Waals surface area (Å²) >= 11 is 0. The van der Waals surface area contributed by atoms with E-state index in [2.05, 4.69) is 48.4 Å². The number of ether oxygens (including phenoxy) is 1. The minimum Gasteiger partial charge on any atom is -0.380 e. The van der Waals surface area contributed by atoms with Gasteiger partial charge in [-0.15, -0.1) is 0 Å². The number of hydrogen-bond acceptors (Lipinski definition) is 3. The van der Waals surface area contributed by atoms with E-state index in [4.69, 9.17) is 4.74 Å². The first-order chi connectivity index (χ1) is 9.77. The molecule has 0 saturated carbocycles. The lowest BCUT2D eigenvalue weighted by atomic mass is 10.1. The van der Waals surface area contributed by atoms with Crippen molar-refractivity contribution >= 4 is 10.8 Å². The zero-order valence-corrected chi connectivity index (χ0v) is 12.4. The second-order valence-electron chi connectivity index (χ2n) is 5.49. The maximum atomic E-state index is 5.60. The summed E-state index contributed by atoms with van der Waals surface area (Å²) in [6.45, 7) is 7.83. The molecule has 0 atom stereocenters. The molecule has 0 saturated heterocycles. The summed E-state index contributed by atoms with van der Waals surface area (Å²) in [6.07, 6.45) is 4.89. The van der Waals surface area contributed by atoms with E-state index in [1.54, 1.807) is 0 Å². The average Bonchev–Trinajstić information content (AvgIpc) is 2.46. The molecule has 0 spiro atoms. The van der Waals surface area contributed by atoms with E-state index in [0.29, 0.717) is 5.92 Å². The van der Waals surface area contributed by atoms with Crippen LogP contribution < -0.4 is 5.32 Å². The summed E-state index contributed by atoms with van der Waals surface area (Å²) in [7, 11) is 0. The van der Waals surface area contributed by atoms with Gasteiger partial charge in [-0.2, -0.15) is 0 Å². The van der Waals surface area contributed by atoms with Crippen LogP contribution >= 0.6 is 0 Å². The summed E-state index contributed by atoms with van der Waals surface area (Å²) < 4.78 is 5.60. The Bertz CT molecular complexity index is 520. The van der Waals surface area contributed by atoms with Gasteiger partial charge in [0.05, 0.1) is 6.61 Å². The van der Waals surface area contributed by atoms with Crippen LogP contribution in [0.15, 0.2) is 36.7 Å². The fourth-order valence-electron chi connectivity index (χ4n) is 2.13. The Hall–Kier alpha value is -1.45. The minimum absolute atomic E-state index is 0.715. The fourth-order valence-corrected chi connectivity index (χ4v) is 2.13. The second-order valence-corrected chi connectivity index (χ2v) is 5.49. The van der Waals surface area contributed by atoms with Crippen LogP contribution in [0, 0.1) is 5.92 Å². The SMILES string of the molecule is CC(C)CCOCCNCc1cccc2cnccc12. The minimum atomic E-state index is 0.715. The van der Waals surface area contributed by atoms with Gasteiger partial charge in [0, 0.05) is 37.5 Å². The summed E-state index contributed by atoms with van der Waals surface area (Å²) in [5.41, 5.74) is 1.31. The van der Waals surface area contributed by atoms with Crippen molar-refractivity contribution in [1.82, 2.24) is 10.3 Å². The molecule has 0 unspecified atom stereocenters. The van der Waals surface area contributed by atoms with Crippen LogP contribution in [0.5, 0.6) is 0 Å². The predicted octanol–water partition coefficient (Wildman–Crippen LogP) is 3.39. The van der Waals surface area contributed by atoms with E-state index in [0.717, 1.165) is 32.7 Å². The van der Waals surface area contributed by atoms with Gasteiger partial charge in [-0.3, -0.25) is 4.98 Å². The van der Waals surface area contributed by atoms with Crippen LogP contribution in [-0.2, 0) is 11.3 Å². The molecular formula is C17H24N2O. The number of hydrogen-bond donors (Lipinski definition) is 1. The van der Waals surface area contributed by atoms with Gasteiger partial charge in [0.15, 0.2) is 0 Å². The lowest BCUT2D eigenvalue weighted by Gasteiger charge is -2.09. The number of rotatable bonds is 8. The Labute approximate surface area is 121 Å². The number of fused-ring (bicyclic) bond motifs is 1. The van der Waals surface area contributed by atoms with Crippen molar-refractivity contribution in [3.8, 4) is 0 Å². The number of nitrogens with one attached hydrogen (secondary N) is 1. The maximum Gasteiger partial charge on any atom is 0.0591 e. The van der Waals surface area contributed by atoms with Gasteiger partial charge >= 0.3 is 0 Å². The Morgan fingerprint density at radius 3 is 2.95 bits per heavy atom. The Morgan fingerprint density at radius 2 is 2.10 bits per heavy atom. The Balaban J connectivity index is 1.73. The van der Waals surface area contributed by atoms with Gasteiger partial charge in [0.2, 0.25) is 0 Å². The molecule has 1 heterocycles. The van der Waals surface area contributed by atoms with Crippen molar-refractivity contribution in [2.45, 2.75) is 26.8 Å². The van der Waals surface area contributed by atoms with Gasteiger partial charge in [-0.25, -0.2) is 0 Å². The molecule has 20 heavy (non-hydrogen) atoms. The first-order valence-electron chi connectivity index (χ1n) is 7.37. The highest BCUT2D eigenvalue weighted by Crippen LogP contribution is 2.16. The van der Waals surface area contributed by atoms with Crippen LogP contribution in [0.25, 0.3) is 10.8 Å². The molecule has 3 heteroatoms. The monoisotopic (exact) mass is 272 g/mol. The number of aromatic nitrogens is 1. The van der Waals surface area contributed by atoms with Crippen molar-refractivity contribution in [2.75, 3.05) is 19.8 Å². The van der Waals surface area contributed by atoms with E-state index in [1.807, 2.05) is 12.4 Å². The molecule has 2 aromatic rings. The van der Waals surface area contributed by atoms with Gasteiger partial charge in [0.25, 0.3) is 0 Å². The molecule has 0 bridgehead atoms. The summed E-state index contributed by atoms with van der Waals surface area (Å²) in [6, 6.07) is 8.42. The molecule has 0 radical (unpaired) electrons. The van der Waals surface area contributed by atoms with Crippen LogP contribution in [0.3, 0.4) is 0 Å². The van der Waals surface area contributed by atoms with Crippen LogP contribution in [0.2, 0.25) is 0 Å². The number of pyridine rings is 1. The van der Waals surface area contributed by atoms with Crippen molar-refractivity contribution in [3.63, 3.8) is 0 Å². The molecule has 2 rings (SSSR count). The quantitative estimate of drug-likeness (QED) is 0.748. The van der Waals surface area contributed by atoms with E-state index >= 15 is 0 Å². The highest BCUT2D eigenvalue weighted by Gasteiger charge is 2.00. The van der Waals surface area contributed by atoms with Crippen molar-refractivity contribution in [3.05, 3.63) is 42.2 Å². The summed E-state index contributed by atoms with van der Waals surface area (Å²) in [4.78, 5) is 4.16. The van der Waals surface area contributed by atoms with Crippen LogP contribution in [-0.4, -0.2) is 24.7 Å². The maximum absolute atomic E-state index is 5.60. The molecule has 0 amide bonds. The van der Waals surface area contributed by atoms with E-state index in [1.165, 1.54) is 16.3 Å². The molecule has 0 aliphatic heterocycles. The zero-order chi connectivity index (χ0) is 14.2. The average molecular weight is 272 g/mol. The summed E-state index contributed by atoms with van der Waals surface area (Å²) in [5, 5.41) is 5.90. The molecule has 108 valence electrons. The number of benzene rings is 1. The molecule has 1 aromatic carbocycles. The van der Waals surface area contributed by atoms with E-state index < -0.39 is 0 Å². The Kier molecular flexibility index (Phi) is 5.96.